The normalized spacial score (nSPS) is 13.5. The van der Waals surface area contributed by atoms with Crippen LogP contribution >= 0.6 is 0 Å². The van der Waals surface area contributed by atoms with Crippen LogP contribution in [0.5, 0.6) is 0 Å². The maximum atomic E-state index is 13.1. The van der Waals surface area contributed by atoms with Crippen molar-refractivity contribution >= 4 is 38.2 Å². The molecular weight excluding hydrogens is 422 g/mol. The van der Waals surface area contributed by atoms with Crippen LogP contribution in [0.15, 0.2) is 77.7 Å². The SMILES string of the molecule is O=C(Nc1cccc(NS(=O)(=O)c2ccccc2)c1)c1cccc2c3c([nH]c12)CCCC3. The van der Waals surface area contributed by atoms with Crippen LogP contribution in [0.4, 0.5) is 11.4 Å². The molecule has 3 N–H and O–H groups in total. The molecule has 1 aliphatic carbocycles. The number of nitrogens with one attached hydrogen (secondary N) is 3. The van der Waals surface area contributed by atoms with Gasteiger partial charge < -0.3 is 10.3 Å². The summed E-state index contributed by atoms with van der Waals surface area (Å²) in [4.78, 5) is 16.7. The number of hydrogen-bond acceptors (Lipinski definition) is 3. The average Bonchev–Trinajstić information content (AvgIpc) is 3.18. The number of para-hydroxylation sites is 1. The number of carbonyl (C=O) groups is 1. The number of aromatic amines is 1. The lowest BCUT2D eigenvalue weighted by Crippen LogP contribution is -2.14. The van der Waals surface area contributed by atoms with Crippen LogP contribution in [-0.4, -0.2) is 19.3 Å². The van der Waals surface area contributed by atoms with Crippen molar-refractivity contribution in [3.05, 3.63) is 89.6 Å². The lowest BCUT2D eigenvalue weighted by Gasteiger charge is -2.11. The molecule has 0 bridgehead atoms. The van der Waals surface area contributed by atoms with Crippen LogP contribution in [-0.2, 0) is 22.9 Å². The van der Waals surface area contributed by atoms with E-state index in [0.717, 1.165) is 30.2 Å². The Labute approximate surface area is 186 Å². The van der Waals surface area contributed by atoms with Crippen molar-refractivity contribution in [1.29, 1.82) is 0 Å². The van der Waals surface area contributed by atoms with Crippen molar-refractivity contribution in [2.24, 2.45) is 0 Å². The average molecular weight is 446 g/mol. The molecule has 1 aliphatic rings. The number of sulfonamides is 1. The maximum absolute atomic E-state index is 13.1. The minimum atomic E-state index is -3.71. The van der Waals surface area contributed by atoms with Gasteiger partial charge >= 0.3 is 0 Å². The van der Waals surface area contributed by atoms with Gasteiger partial charge in [-0.05, 0) is 67.6 Å². The van der Waals surface area contributed by atoms with E-state index in [-0.39, 0.29) is 10.8 Å². The van der Waals surface area contributed by atoms with Crippen molar-refractivity contribution < 1.29 is 13.2 Å². The Morgan fingerprint density at radius 2 is 1.59 bits per heavy atom. The van der Waals surface area contributed by atoms with Gasteiger partial charge in [-0.2, -0.15) is 0 Å². The summed E-state index contributed by atoms with van der Waals surface area (Å²) in [6.45, 7) is 0. The molecule has 1 aromatic heterocycles. The lowest BCUT2D eigenvalue weighted by atomic mass is 9.95. The molecule has 1 amide bonds. The smallest absolute Gasteiger partial charge is 0.261 e. The third kappa shape index (κ3) is 3.87. The fraction of sp³-hybridized carbons (Fsp3) is 0.160. The van der Waals surface area contributed by atoms with Gasteiger partial charge in [-0.25, -0.2) is 8.42 Å². The second-order valence-corrected chi connectivity index (χ2v) is 9.65. The van der Waals surface area contributed by atoms with Crippen molar-refractivity contribution in [3.8, 4) is 0 Å². The lowest BCUT2D eigenvalue weighted by molar-refractivity contribution is 0.102. The van der Waals surface area contributed by atoms with Gasteiger partial charge in [-0.15, -0.1) is 0 Å². The molecule has 0 atom stereocenters. The minimum absolute atomic E-state index is 0.178. The largest absolute Gasteiger partial charge is 0.358 e. The zero-order valence-corrected chi connectivity index (χ0v) is 18.2. The number of benzene rings is 3. The Morgan fingerprint density at radius 3 is 2.44 bits per heavy atom. The van der Waals surface area contributed by atoms with E-state index in [9.17, 15) is 13.2 Å². The quantitative estimate of drug-likeness (QED) is 0.399. The van der Waals surface area contributed by atoms with E-state index in [4.69, 9.17) is 0 Å². The number of fused-ring (bicyclic) bond motifs is 3. The van der Waals surface area contributed by atoms with E-state index in [1.165, 1.54) is 29.8 Å². The molecule has 3 aromatic carbocycles. The number of hydrogen-bond donors (Lipinski definition) is 3. The summed E-state index contributed by atoms with van der Waals surface area (Å²) in [6.07, 6.45) is 4.37. The van der Waals surface area contributed by atoms with Gasteiger partial charge in [0.1, 0.15) is 0 Å². The Morgan fingerprint density at radius 1 is 0.844 bits per heavy atom. The summed E-state index contributed by atoms with van der Waals surface area (Å²) in [5, 5.41) is 4.01. The molecule has 0 unspecified atom stereocenters. The number of aromatic nitrogens is 1. The molecule has 0 saturated carbocycles. The van der Waals surface area contributed by atoms with Gasteiger partial charge in [0.05, 0.1) is 21.7 Å². The summed E-state index contributed by atoms with van der Waals surface area (Å²) in [5.41, 5.74) is 4.86. The van der Waals surface area contributed by atoms with Crippen LogP contribution in [0, 0.1) is 0 Å². The Hall–Kier alpha value is -3.58. The number of carbonyl (C=O) groups excluding carboxylic acids is 1. The van der Waals surface area contributed by atoms with Gasteiger partial charge in [-0.3, -0.25) is 9.52 Å². The van der Waals surface area contributed by atoms with E-state index in [0.29, 0.717) is 16.9 Å². The molecule has 0 spiro atoms. The number of H-pyrrole nitrogens is 1. The van der Waals surface area contributed by atoms with Crippen LogP contribution < -0.4 is 10.0 Å². The highest BCUT2D eigenvalue weighted by atomic mass is 32.2. The first-order valence-corrected chi connectivity index (χ1v) is 12.1. The molecule has 5 rings (SSSR count). The predicted octanol–water partition coefficient (Wildman–Crippen LogP) is 5.10. The summed E-state index contributed by atoms with van der Waals surface area (Å²) in [7, 11) is -3.71. The zero-order chi connectivity index (χ0) is 22.1. The second-order valence-electron chi connectivity index (χ2n) is 7.97. The van der Waals surface area contributed by atoms with Crippen molar-refractivity contribution in [3.63, 3.8) is 0 Å². The first-order valence-electron chi connectivity index (χ1n) is 10.6. The molecule has 32 heavy (non-hydrogen) atoms. The maximum Gasteiger partial charge on any atom is 0.261 e. The van der Waals surface area contributed by atoms with Crippen LogP contribution in [0.25, 0.3) is 10.9 Å². The fourth-order valence-electron chi connectivity index (χ4n) is 4.29. The number of rotatable bonds is 5. The van der Waals surface area contributed by atoms with E-state index in [1.807, 2.05) is 12.1 Å². The van der Waals surface area contributed by atoms with Crippen molar-refractivity contribution in [2.45, 2.75) is 30.6 Å². The highest BCUT2D eigenvalue weighted by Crippen LogP contribution is 2.31. The van der Waals surface area contributed by atoms with Crippen molar-refractivity contribution in [2.75, 3.05) is 10.0 Å². The third-order valence-corrected chi connectivity index (χ3v) is 7.20. The summed E-state index contributed by atoms with van der Waals surface area (Å²) < 4.78 is 27.8. The van der Waals surface area contributed by atoms with Crippen LogP contribution in [0.3, 0.4) is 0 Å². The molecule has 1 heterocycles. The molecule has 0 fully saturated rings. The minimum Gasteiger partial charge on any atom is -0.358 e. The first-order chi connectivity index (χ1) is 15.5. The Kier molecular flexibility index (Phi) is 5.19. The van der Waals surface area contributed by atoms with E-state index < -0.39 is 10.0 Å². The van der Waals surface area contributed by atoms with E-state index in [1.54, 1.807) is 42.5 Å². The van der Waals surface area contributed by atoms with E-state index in [2.05, 4.69) is 21.1 Å². The van der Waals surface area contributed by atoms with Crippen molar-refractivity contribution in [1.82, 2.24) is 4.98 Å². The second kappa shape index (κ2) is 8.16. The molecular formula is C25H23N3O3S. The fourth-order valence-corrected chi connectivity index (χ4v) is 5.36. The summed E-state index contributed by atoms with van der Waals surface area (Å²) in [6, 6.07) is 20.6. The monoisotopic (exact) mass is 445 g/mol. The number of anilines is 2. The number of amides is 1. The molecule has 162 valence electrons. The van der Waals surface area contributed by atoms with Crippen LogP contribution in [0.1, 0.15) is 34.5 Å². The highest BCUT2D eigenvalue weighted by molar-refractivity contribution is 7.92. The van der Waals surface area contributed by atoms with Crippen LogP contribution in [0.2, 0.25) is 0 Å². The summed E-state index contributed by atoms with van der Waals surface area (Å²) >= 11 is 0. The Balaban J connectivity index is 1.40. The van der Waals surface area contributed by atoms with Gasteiger partial charge in [0.25, 0.3) is 15.9 Å². The van der Waals surface area contributed by atoms with Gasteiger partial charge in [-0.1, -0.05) is 36.4 Å². The summed E-state index contributed by atoms with van der Waals surface area (Å²) in [5.74, 6) is -0.239. The molecule has 4 aromatic rings. The molecule has 0 radical (unpaired) electrons. The molecule has 6 nitrogen and oxygen atoms in total. The van der Waals surface area contributed by atoms with Gasteiger partial charge in [0, 0.05) is 16.8 Å². The highest BCUT2D eigenvalue weighted by Gasteiger charge is 2.20. The predicted molar refractivity (Wildman–Crippen MR) is 127 cm³/mol. The molecule has 7 heteroatoms. The first kappa shape index (κ1) is 20.3. The van der Waals surface area contributed by atoms with Gasteiger partial charge in [0.15, 0.2) is 0 Å². The zero-order valence-electron chi connectivity index (χ0n) is 17.4. The third-order valence-electron chi connectivity index (χ3n) is 5.80. The number of aryl methyl sites for hydroxylation is 2. The topological polar surface area (TPSA) is 91.1 Å². The molecule has 0 saturated heterocycles. The standard InChI is InChI=1S/C25H23N3O3S/c29-25(22-14-7-13-21-20-12-4-5-15-23(20)27-24(21)22)26-17-8-6-9-18(16-17)28-32(30,31)19-10-2-1-3-11-19/h1-3,6-11,13-14,16,27-28H,4-5,12,15H2,(H,26,29). The molecule has 0 aliphatic heterocycles. The van der Waals surface area contributed by atoms with E-state index >= 15 is 0 Å². The van der Waals surface area contributed by atoms with Gasteiger partial charge in [0.2, 0.25) is 0 Å². The Bertz CT molecular complexity index is 1410.